The minimum absolute atomic E-state index is 0.0161. The van der Waals surface area contributed by atoms with E-state index in [0.717, 1.165) is 5.56 Å². The molecule has 150 valence electrons. The fourth-order valence-corrected chi connectivity index (χ4v) is 3.67. The zero-order valence-corrected chi connectivity index (χ0v) is 15.2. The van der Waals surface area contributed by atoms with Gasteiger partial charge in [-0.2, -0.15) is 0 Å². The third-order valence-electron chi connectivity index (χ3n) is 5.19. The SMILES string of the molecule is O=C(O)C1=C(C=C2CCN(Cc3ccc([N+](=O)[O-])cc3)C2=O)OCC2CC(=O)N12. The van der Waals surface area contributed by atoms with E-state index in [0.29, 0.717) is 18.5 Å². The Kier molecular flexibility index (Phi) is 4.53. The Balaban J connectivity index is 1.53. The molecule has 0 aliphatic carbocycles. The number of allylic oxidation sites excluding steroid dienone is 1. The maximum Gasteiger partial charge on any atom is 0.356 e. The van der Waals surface area contributed by atoms with E-state index in [2.05, 4.69) is 0 Å². The Bertz CT molecular complexity index is 980. The molecule has 2 amide bonds. The third kappa shape index (κ3) is 3.33. The zero-order valence-electron chi connectivity index (χ0n) is 15.2. The van der Waals surface area contributed by atoms with Gasteiger partial charge in [0.1, 0.15) is 6.61 Å². The normalized spacial score (nSPS) is 22.5. The molecule has 1 aromatic rings. The summed E-state index contributed by atoms with van der Waals surface area (Å²) in [6.45, 7) is 0.914. The van der Waals surface area contributed by atoms with Crippen molar-refractivity contribution in [2.24, 2.45) is 0 Å². The number of fused-ring (bicyclic) bond motifs is 1. The van der Waals surface area contributed by atoms with Gasteiger partial charge in [0.05, 0.1) is 17.4 Å². The Hall–Kier alpha value is -3.69. The van der Waals surface area contributed by atoms with Crippen molar-refractivity contribution < 1.29 is 29.2 Å². The highest BCUT2D eigenvalue weighted by molar-refractivity contribution is 5.99. The van der Waals surface area contributed by atoms with E-state index in [4.69, 9.17) is 4.74 Å². The van der Waals surface area contributed by atoms with Gasteiger partial charge in [-0.25, -0.2) is 4.79 Å². The summed E-state index contributed by atoms with van der Waals surface area (Å²) >= 11 is 0. The molecule has 2 saturated heterocycles. The van der Waals surface area contributed by atoms with E-state index in [1.54, 1.807) is 17.0 Å². The van der Waals surface area contributed by atoms with Crippen molar-refractivity contribution in [2.75, 3.05) is 13.2 Å². The lowest BCUT2D eigenvalue weighted by Crippen LogP contribution is -2.57. The number of benzene rings is 1. The van der Waals surface area contributed by atoms with E-state index < -0.39 is 10.9 Å². The summed E-state index contributed by atoms with van der Waals surface area (Å²) in [5, 5.41) is 20.2. The summed E-state index contributed by atoms with van der Waals surface area (Å²) in [6.07, 6.45) is 2.06. The second-order valence-electron chi connectivity index (χ2n) is 7.02. The van der Waals surface area contributed by atoms with Crippen LogP contribution in [0.15, 0.2) is 47.4 Å². The highest BCUT2D eigenvalue weighted by Gasteiger charge is 2.46. The van der Waals surface area contributed by atoms with Crippen LogP contribution in [0.25, 0.3) is 0 Å². The van der Waals surface area contributed by atoms with Crippen molar-refractivity contribution in [3.63, 3.8) is 0 Å². The highest BCUT2D eigenvalue weighted by atomic mass is 16.6. The van der Waals surface area contributed by atoms with E-state index >= 15 is 0 Å². The van der Waals surface area contributed by atoms with Crippen LogP contribution < -0.4 is 0 Å². The molecule has 1 unspecified atom stereocenters. The van der Waals surface area contributed by atoms with Gasteiger partial charge in [-0.3, -0.25) is 24.6 Å². The lowest BCUT2D eigenvalue weighted by Gasteiger charge is -2.43. The molecule has 29 heavy (non-hydrogen) atoms. The largest absolute Gasteiger partial charge is 0.489 e. The van der Waals surface area contributed by atoms with Gasteiger partial charge in [0, 0.05) is 30.8 Å². The fraction of sp³-hybridized carbons (Fsp3) is 0.316. The predicted molar refractivity (Wildman–Crippen MR) is 97.1 cm³/mol. The summed E-state index contributed by atoms with van der Waals surface area (Å²) < 4.78 is 5.53. The first kappa shape index (κ1) is 18.7. The molecule has 1 atom stereocenters. The van der Waals surface area contributed by atoms with Crippen LogP contribution in [-0.4, -0.2) is 56.8 Å². The molecular weight excluding hydrogens is 382 g/mol. The molecule has 2 fully saturated rings. The van der Waals surface area contributed by atoms with Gasteiger partial charge in [-0.05, 0) is 18.1 Å². The molecule has 3 aliphatic rings. The molecule has 0 saturated carbocycles. The standard InChI is InChI=1S/C19H17N3O7/c23-16-8-14-10-29-15(17(19(25)26)21(14)16)7-12-5-6-20(18(12)24)9-11-1-3-13(4-2-11)22(27)28/h1-4,7,14H,5-6,8-10H2,(H,25,26). The molecule has 10 heteroatoms. The van der Waals surface area contributed by atoms with Gasteiger partial charge in [-0.1, -0.05) is 12.1 Å². The number of nitro groups is 1. The highest BCUT2D eigenvalue weighted by Crippen LogP contribution is 2.34. The number of nitro benzene ring substituents is 1. The number of non-ortho nitro benzene ring substituents is 1. The molecule has 1 aromatic carbocycles. The number of ether oxygens (including phenoxy) is 1. The average Bonchev–Trinajstić information content (AvgIpc) is 3.01. The summed E-state index contributed by atoms with van der Waals surface area (Å²) in [6, 6.07) is 5.68. The van der Waals surface area contributed by atoms with E-state index in [1.165, 1.54) is 23.1 Å². The number of carbonyl (C=O) groups is 3. The van der Waals surface area contributed by atoms with E-state index in [1.807, 2.05) is 0 Å². The average molecular weight is 399 g/mol. The molecule has 3 heterocycles. The number of hydrogen-bond acceptors (Lipinski definition) is 6. The maximum absolute atomic E-state index is 12.7. The number of nitrogens with zero attached hydrogens (tertiary/aromatic N) is 3. The first-order valence-corrected chi connectivity index (χ1v) is 9.00. The second kappa shape index (κ2) is 7.04. The first-order valence-electron chi connectivity index (χ1n) is 9.00. The Labute approximate surface area is 164 Å². The number of aliphatic carboxylic acids is 1. The number of amides is 2. The maximum atomic E-state index is 12.7. The molecule has 0 radical (unpaired) electrons. The Morgan fingerprint density at radius 3 is 2.66 bits per heavy atom. The number of likely N-dealkylation sites (tertiary alicyclic amines) is 1. The Morgan fingerprint density at radius 1 is 1.31 bits per heavy atom. The minimum atomic E-state index is -1.28. The summed E-state index contributed by atoms with van der Waals surface area (Å²) in [4.78, 5) is 49.2. The van der Waals surface area contributed by atoms with Crippen molar-refractivity contribution in [1.82, 2.24) is 9.80 Å². The molecule has 3 aliphatic heterocycles. The smallest absolute Gasteiger partial charge is 0.356 e. The minimum Gasteiger partial charge on any atom is -0.489 e. The fourth-order valence-electron chi connectivity index (χ4n) is 3.67. The van der Waals surface area contributed by atoms with Crippen LogP contribution in [0.1, 0.15) is 18.4 Å². The molecule has 10 nitrogen and oxygen atoms in total. The number of carboxylic acid groups (broad SMARTS) is 1. The molecule has 1 N–H and O–H groups in total. The van der Waals surface area contributed by atoms with Crippen LogP contribution in [0.5, 0.6) is 0 Å². The summed E-state index contributed by atoms with van der Waals surface area (Å²) in [5.74, 6) is -1.80. The summed E-state index contributed by atoms with van der Waals surface area (Å²) in [5.41, 5.74) is 0.890. The third-order valence-corrected chi connectivity index (χ3v) is 5.19. The van der Waals surface area contributed by atoms with Crippen LogP contribution in [-0.2, 0) is 25.7 Å². The van der Waals surface area contributed by atoms with Gasteiger partial charge in [-0.15, -0.1) is 0 Å². The van der Waals surface area contributed by atoms with Gasteiger partial charge in [0.25, 0.3) is 5.69 Å². The number of carboxylic acids is 1. The van der Waals surface area contributed by atoms with Crippen molar-refractivity contribution in [3.8, 4) is 0 Å². The van der Waals surface area contributed by atoms with Crippen LogP contribution >= 0.6 is 0 Å². The van der Waals surface area contributed by atoms with Crippen molar-refractivity contribution in [3.05, 3.63) is 63.0 Å². The first-order chi connectivity index (χ1) is 13.8. The summed E-state index contributed by atoms with van der Waals surface area (Å²) in [7, 11) is 0. The molecule has 4 rings (SSSR count). The molecular formula is C19H17N3O7. The number of hydrogen-bond donors (Lipinski definition) is 1. The van der Waals surface area contributed by atoms with E-state index in [9.17, 15) is 29.6 Å². The monoisotopic (exact) mass is 399 g/mol. The van der Waals surface area contributed by atoms with Crippen LogP contribution in [0.3, 0.4) is 0 Å². The topological polar surface area (TPSA) is 130 Å². The quantitative estimate of drug-likeness (QED) is 0.340. The van der Waals surface area contributed by atoms with Crippen LogP contribution in [0, 0.1) is 10.1 Å². The number of β-lactam (4-membered cyclic amide) rings is 1. The predicted octanol–water partition coefficient (Wildman–Crippen LogP) is 1.18. The number of carbonyl (C=O) groups excluding carboxylic acids is 2. The molecule has 0 bridgehead atoms. The van der Waals surface area contributed by atoms with Crippen molar-refractivity contribution >= 4 is 23.5 Å². The van der Waals surface area contributed by atoms with Gasteiger partial charge >= 0.3 is 5.97 Å². The lowest BCUT2D eigenvalue weighted by molar-refractivity contribution is -0.384. The zero-order chi connectivity index (χ0) is 20.7. The molecule has 0 spiro atoms. The van der Waals surface area contributed by atoms with Gasteiger partial charge in [0.15, 0.2) is 11.5 Å². The van der Waals surface area contributed by atoms with Crippen LogP contribution in [0.2, 0.25) is 0 Å². The van der Waals surface area contributed by atoms with Gasteiger partial charge in [0.2, 0.25) is 11.8 Å². The van der Waals surface area contributed by atoms with Crippen LogP contribution in [0.4, 0.5) is 5.69 Å². The van der Waals surface area contributed by atoms with E-state index in [-0.39, 0.29) is 54.6 Å². The second-order valence-corrected chi connectivity index (χ2v) is 7.02. The number of rotatable bonds is 5. The van der Waals surface area contributed by atoms with Crippen molar-refractivity contribution in [2.45, 2.75) is 25.4 Å². The molecule has 0 aromatic heterocycles. The Morgan fingerprint density at radius 2 is 2.03 bits per heavy atom. The lowest BCUT2D eigenvalue weighted by atomic mass is 9.98. The van der Waals surface area contributed by atoms with Crippen molar-refractivity contribution in [1.29, 1.82) is 0 Å². The van der Waals surface area contributed by atoms with Gasteiger partial charge < -0.3 is 14.7 Å².